The Kier molecular flexibility index (Phi) is 3.87. The van der Waals surface area contributed by atoms with E-state index in [1.54, 1.807) is 30.3 Å². The van der Waals surface area contributed by atoms with Crippen molar-refractivity contribution in [1.82, 2.24) is 0 Å². The van der Waals surface area contributed by atoms with Crippen LogP contribution in [0.2, 0.25) is 0 Å². The highest BCUT2D eigenvalue weighted by atomic mass is 16.6. The maximum atomic E-state index is 11.5. The summed E-state index contributed by atoms with van der Waals surface area (Å²) in [6.45, 7) is 0. The van der Waals surface area contributed by atoms with Crippen molar-refractivity contribution in [1.29, 1.82) is 0 Å². The van der Waals surface area contributed by atoms with E-state index < -0.39 is 5.97 Å². The lowest BCUT2D eigenvalue weighted by molar-refractivity contribution is -0.384. The van der Waals surface area contributed by atoms with Crippen LogP contribution in [-0.2, 0) is 6.42 Å². The van der Waals surface area contributed by atoms with Gasteiger partial charge in [-0.05, 0) is 52.8 Å². The fourth-order valence-corrected chi connectivity index (χ4v) is 4.86. The lowest BCUT2D eigenvalue weighted by Crippen LogP contribution is -2.30. The van der Waals surface area contributed by atoms with Crippen molar-refractivity contribution < 1.29 is 14.8 Å². The molecule has 6 heteroatoms. The van der Waals surface area contributed by atoms with Gasteiger partial charge in [0, 0.05) is 23.7 Å². The largest absolute Gasteiger partial charge is 0.478 e. The summed E-state index contributed by atoms with van der Waals surface area (Å²) in [6, 6.07) is 20.1. The number of fused-ring (bicyclic) bond motifs is 5. The molecule has 3 atom stereocenters. The van der Waals surface area contributed by atoms with Crippen LogP contribution in [0, 0.1) is 16.0 Å². The molecule has 2 aliphatic rings. The molecular weight excluding hydrogens is 368 g/mol. The van der Waals surface area contributed by atoms with Gasteiger partial charge in [0.1, 0.15) is 0 Å². The molecule has 0 aromatic heterocycles. The van der Waals surface area contributed by atoms with E-state index in [4.69, 9.17) is 0 Å². The summed E-state index contributed by atoms with van der Waals surface area (Å²) < 4.78 is 0. The van der Waals surface area contributed by atoms with Crippen molar-refractivity contribution in [3.8, 4) is 0 Å². The third-order valence-corrected chi connectivity index (χ3v) is 6.09. The van der Waals surface area contributed by atoms with E-state index in [2.05, 4.69) is 17.4 Å². The van der Waals surface area contributed by atoms with Gasteiger partial charge in [0.05, 0.1) is 16.5 Å². The molecule has 0 amide bonds. The van der Waals surface area contributed by atoms with E-state index in [-0.39, 0.29) is 34.1 Å². The first kappa shape index (κ1) is 17.4. The number of carbonyl (C=O) groups is 1. The van der Waals surface area contributed by atoms with Crippen molar-refractivity contribution in [2.75, 3.05) is 5.32 Å². The number of non-ortho nitro benzene ring substituents is 1. The zero-order chi connectivity index (χ0) is 20.1. The Balaban J connectivity index is 1.67. The maximum absolute atomic E-state index is 11.5. The van der Waals surface area contributed by atoms with E-state index in [1.165, 1.54) is 17.2 Å². The Bertz CT molecular complexity index is 1160. The molecule has 2 N–H and O–H groups in total. The number of nitro groups is 1. The molecular formula is C23H18N2O4. The van der Waals surface area contributed by atoms with E-state index >= 15 is 0 Å². The van der Waals surface area contributed by atoms with Gasteiger partial charge in [-0.3, -0.25) is 10.1 Å². The zero-order valence-corrected chi connectivity index (χ0v) is 15.4. The van der Waals surface area contributed by atoms with E-state index in [1.807, 2.05) is 18.2 Å². The SMILES string of the molecule is O=C(O)c1ccc2c(c1)[C@@H]1c3ccccc3C[C@@H]1[C@H](c1cccc([N+](=O)[O-])c1)N2. The predicted molar refractivity (Wildman–Crippen MR) is 108 cm³/mol. The zero-order valence-electron chi connectivity index (χ0n) is 15.4. The molecule has 3 aromatic rings. The number of nitrogens with zero attached hydrogens (tertiary/aromatic N) is 1. The molecule has 3 aromatic carbocycles. The second-order valence-electron chi connectivity index (χ2n) is 7.63. The van der Waals surface area contributed by atoms with Gasteiger partial charge in [-0.1, -0.05) is 36.4 Å². The fraction of sp³-hybridized carbons (Fsp3) is 0.174. The molecule has 0 fully saturated rings. The summed E-state index contributed by atoms with van der Waals surface area (Å²) >= 11 is 0. The third kappa shape index (κ3) is 2.76. The maximum Gasteiger partial charge on any atom is 0.335 e. The second kappa shape index (κ2) is 6.44. The summed E-state index contributed by atoms with van der Waals surface area (Å²) in [6.07, 6.45) is 0.831. The molecule has 0 spiro atoms. The standard InChI is InChI=1S/C23H18N2O4/c26-23(27)15-8-9-20-18(12-15)21-17-7-2-1-4-13(17)11-19(21)22(24-20)14-5-3-6-16(10-14)25(28)29/h1-10,12,19,21-22,24H,11H2,(H,26,27)/t19-,21-,22-/m0/s1. The molecule has 1 aliphatic heterocycles. The van der Waals surface area contributed by atoms with Crippen LogP contribution in [-0.4, -0.2) is 16.0 Å². The third-order valence-electron chi connectivity index (χ3n) is 6.09. The predicted octanol–water partition coefficient (Wildman–Crippen LogP) is 4.76. The Morgan fingerprint density at radius 2 is 1.86 bits per heavy atom. The minimum Gasteiger partial charge on any atom is -0.478 e. The number of rotatable bonds is 3. The summed E-state index contributed by atoms with van der Waals surface area (Å²) in [5.41, 5.74) is 5.51. The molecule has 0 saturated carbocycles. The molecule has 0 radical (unpaired) electrons. The number of anilines is 1. The fourth-order valence-electron chi connectivity index (χ4n) is 4.86. The monoisotopic (exact) mass is 386 g/mol. The van der Waals surface area contributed by atoms with Crippen LogP contribution in [0.3, 0.4) is 0 Å². The highest BCUT2D eigenvalue weighted by Crippen LogP contribution is 2.54. The first-order valence-corrected chi connectivity index (χ1v) is 9.49. The van der Waals surface area contributed by atoms with Gasteiger partial charge in [-0.15, -0.1) is 0 Å². The van der Waals surface area contributed by atoms with Gasteiger partial charge in [0.15, 0.2) is 0 Å². The Labute approximate surface area is 167 Å². The van der Waals surface area contributed by atoms with Crippen LogP contribution >= 0.6 is 0 Å². The van der Waals surface area contributed by atoms with Gasteiger partial charge in [-0.2, -0.15) is 0 Å². The van der Waals surface area contributed by atoms with Crippen LogP contribution in [0.1, 0.15) is 44.6 Å². The van der Waals surface area contributed by atoms with Gasteiger partial charge < -0.3 is 10.4 Å². The van der Waals surface area contributed by atoms with Crippen molar-refractivity contribution >= 4 is 17.3 Å². The number of hydrogen-bond donors (Lipinski definition) is 2. The minimum absolute atomic E-state index is 0.0472. The lowest BCUT2D eigenvalue weighted by atomic mass is 9.75. The second-order valence-corrected chi connectivity index (χ2v) is 7.63. The number of benzene rings is 3. The lowest BCUT2D eigenvalue weighted by Gasteiger charge is -2.38. The summed E-state index contributed by atoms with van der Waals surface area (Å²) in [4.78, 5) is 22.4. The van der Waals surface area contributed by atoms with Crippen LogP contribution in [0.25, 0.3) is 0 Å². The topological polar surface area (TPSA) is 92.5 Å². The summed E-state index contributed by atoms with van der Waals surface area (Å²) in [5, 5.41) is 24.3. The molecule has 5 rings (SSSR count). The molecule has 6 nitrogen and oxygen atoms in total. The van der Waals surface area contributed by atoms with Crippen molar-refractivity contribution in [3.63, 3.8) is 0 Å². The number of nitro benzene ring substituents is 1. The van der Waals surface area contributed by atoms with Gasteiger partial charge >= 0.3 is 5.97 Å². The van der Waals surface area contributed by atoms with Gasteiger partial charge in [0.25, 0.3) is 5.69 Å². The van der Waals surface area contributed by atoms with E-state index in [0.29, 0.717) is 0 Å². The van der Waals surface area contributed by atoms with Crippen molar-refractivity contribution in [2.45, 2.75) is 18.4 Å². The Hall–Kier alpha value is -3.67. The van der Waals surface area contributed by atoms with Gasteiger partial charge in [-0.25, -0.2) is 4.79 Å². The highest BCUT2D eigenvalue weighted by Gasteiger charge is 2.43. The molecule has 0 bridgehead atoms. The number of aromatic carboxylic acids is 1. The first-order chi connectivity index (χ1) is 14.0. The van der Waals surface area contributed by atoms with Crippen LogP contribution < -0.4 is 5.32 Å². The minimum atomic E-state index is -0.948. The molecule has 1 aliphatic carbocycles. The molecule has 144 valence electrons. The number of carboxylic acids is 1. The van der Waals surface area contributed by atoms with E-state index in [0.717, 1.165) is 23.2 Å². The first-order valence-electron chi connectivity index (χ1n) is 9.49. The average Bonchev–Trinajstić information content (AvgIpc) is 3.12. The quantitative estimate of drug-likeness (QED) is 0.500. The molecule has 1 heterocycles. The molecule has 0 unspecified atom stereocenters. The smallest absolute Gasteiger partial charge is 0.335 e. The summed E-state index contributed by atoms with van der Waals surface area (Å²) in [7, 11) is 0. The van der Waals surface area contributed by atoms with Crippen molar-refractivity contribution in [3.05, 3.63) is 105 Å². The number of nitrogens with one attached hydrogen (secondary N) is 1. The van der Waals surface area contributed by atoms with Crippen LogP contribution in [0.15, 0.2) is 66.7 Å². The summed E-state index contributed by atoms with van der Waals surface area (Å²) in [5.74, 6) is -0.756. The molecule has 0 saturated heterocycles. The van der Waals surface area contributed by atoms with Crippen LogP contribution in [0.5, 0.6) is 0 Å². The normalized spacial score (nSPS) is 21.4. The Morgan fingerprint density at radius 1 is 1.03 bits per heavy atom. The van der Waals surface area contributed by atoms with Gasteiger partial charge in [0.2, 0.25) is 0 Å². The number of hydrogen-bond acceptors (Lipinski definition) is 4. The molecule has 29 heavy (non-hydrogen) atoms. The van der Waals surface area contributed by atoms with E-state index in [9.17, 15) is 20.0 Å². The number of carboxylic acid groups (broad SMARTS) is 1. The average molecular weight is 386 g/mol. The van der Waals surface area contributed by atoms with Crippen molar-refractivity contribution in [2.24, 2.45) is 5.92 Å². The Morgan fingerprint density at radius 3 is 2.66 bits per heavy atom. The van der Waals surface area contributed by atoms with Crippen LogP contribution in [0.4, 0.5) is 11.4 Å². The highest BCUT2D eigenvalue weighted by molar-refractivity contribution is 5.89.